The first-order chi connectivity index (χ1) is 5.27. The van der Waals surface area contributed by atoms with Gasteiger partial charge in [0.05, 0.1) is 11.4 Å². The molecule has 1 aromatic rings. The van der Waals surface area contributed by atoms with Gasteiger partial charge < -0.3 is 16.8 Å². The first-order valence-electron chi connectivity index (χ1n) is 3.54. The van der Waals surface area contributed by atoms with Gasteiger partial charge >= 0.3 is 0 Å². The van der Waals surface area contributed by atoms with Gasteiger partial charge in [0.2, 0.25) is 0 Å². The Morgan fingerprint density at radius 2 is 2.18 bits per heavy atom. The molecule has 0 amide bonds. The van der Waals surface area contributed by atoms with Crippen LogP contribution in [-0.4, -0.2) is 7.05 Å². The van der Waals surface area contributed by atoms with E-state index < -0.39 is 0 Å². The molecule has 0 atom stereocenters. The lowest BCUT2D eigenvalue weighted by molar-refractivity contribution is 1.07. The van der Waals surface area contributed by atoms with E-state index >= 15 is 0 Å². The van der Waals surface area contributed by atoms with Crippen LogP contribution in [-0.2, 0) is 6.54 Å². The smallest absolute Gasteiger partial charge is 0.0571 e. The molecule has 1 rings (SSSR count). The summed E-state index contributed by atoms with van der Waals surface area (Å²) in [4.78, 5) is 0. The van der Waals surface area contributed by atoms with E-state index in [2.05, 4.69) is 5.32 Å². The predicted octanol–water partition coefficient (Wildman–Crippen LogP) is 0.769. The molecular weight excluding hydrogens is 138 g/mol. The Balaban J connectivity index is 2.99. The van der Waals surface area contributed by atoms with E-state index in [0.717, 1.165) is 16.9 Å². The lowest BCUT2D eigenvalue weighted by Gasteiger charge is -2.05. The standard InChI is InChI=1S/C8H13N3/c1-11-8-3-2-6(5-9)4-7(8)10/h2-4,11H,5,9-10H2,1H3. The van der Waals surface area contributed by atoms with Crippen LogP contribution < -0.4 is 16.8 Å². The van der Waals surface area contributed by atoms with E-state index in [-0.39, 0.29) is 0 Å². The topological polar surface area (TPSA) is 64.1 Å². The van der Waals surface area contributed by atoms with Crippen LogP contribution in [0.3, 0.4) is 0 Å². The summed E-state index contributed by atoms with van der Waals surface area (Å²) in [5.74, 6) is 0. The monoisotopic (exact) mass is 151 g/mol. The fourth-order valence-corrected chi connectivity index (χ4v) is 0.967. The second kappa shape index (κ2) is 3.25. The number of hydrogen-bond donors (Lipinski definition) is 3. The first-order valence-corrected chi connectivity index (χ1v) is 3.54. The number of rotatable bonds is 2. The molecule has 0 saturated carbocycles. The molecular formula is C8H13N3. The van der Waals surface area contributed by atoms with E-state index in [1.54, 1.807) is 0 Å². The van der Waals surface area contributed by atoms with Crippen molar-refractivity contribution in [3.05, 3.63) is 23.8 Å². The quantitative estimate of drug-likeness (QED) is 0.547. The Morgan fingerprint density at radius 3 is 2.64 bits per heavy atom. The molecule has 1 aromatic carbocycles. The molecule has 0 spiro atoms. The van der Waals surface area contributed by atoms with Crippen molar-refractivity contribution < 1.29 is 0 Å². The second-order valence-electron chi connectivity index (χ2n) is 2.38. The maximum Gasteiger partial charge on any atom is 0.0571 e. The van der Waals surface area contributed by atoms with Crippen molar-refractivity contribution in [3.63, 3.8) is 0 Å². The average molecular weight is 151 g/mol. The minimum atomic E-state index is 0.536. The number of benzene rings is 1. The molecule has 5 N–H and O–H groups in total. The zero-order chi connectivity index (χ0) is 8.27. The molecule has 0 aliphatic rings. The van der Waals surface area contributed by atoms with Crippen molar-refractivity contribution in [3.8, 4) is 0 Å². The van der Waals surface area contributed by atoms with Crippen molar-refractivity contribution in [2.24, 2.45) is 5.73 Å². The number of nitrogens with two attached hydrogens (primary N) is 2. The van der Waals surface area contributed by atoms with Crippen LogP contribution >= 0.6 is 0 Å². The van der Waals surface area contributed by atoms with Crippen LogP contribution in [0, 0.1) is 0 Å². The number of nitrogens with one attached hydrogen (secondary N) is 1. The number of hydrogen-bond acceptors (Lipinski definition) is 3. The van der Waals surface area contributed by atoms with Gasteiger partial charge in [-0.3, -0.25) is 0 Å². The highest BCUT2D eigenvalue weighted by molar-refractivity contribution is 5.66. The Labute approximate surface area is 66.4 Å². The molecule has 3 nitrogen and oxygen atoms in total. The lowest BCUT2D eigenvalue weighted by atomic mass is 10.2. The third-order valence-electron chi connectivity index (χ3n) is 1.62. The summed E-state index contributed by atoms with van der Waals surface area (Å²) in [6.45, 7) is 0.536. The van der Waals surface area contributed by atoms with Gasteiger partial charge in [0, 0.05) is 13.6 Å². The summed E-state index contributed by atoms with van der Waals surface area (Å²) in [7, 11) is 1.84. The van der Waals surface area contributed by atoms with Gasteiger partial charge in [-0.1, -0.05) is 6.07 Å². The molecule has 0 aliphatic carbocycles. The largest absolute Gasteiger partial charge is 0.397 e. The maximum absolute atomic E-state index is 5.69. The average Bonchev–Trinajstić information content (AvgIpc) is 2.04. The highest BCUT2D eigenvalue weighted by Crippen LogP contribution is 2.18. The Morgan fingerprint density at radius 1 is 1.45 bits per heavy atom. The molecule has 0 radical (unpaired) electrons. The van der Waals surface area contributed by atoms with E-state index in [1.807, 2.05) is 25.2 Å². The molecule has 0 bridgehead atoms. The van der Waals surface area contributed by atoms with Crippen LogP contribution in [0.1, 0.15) is 5.56 Å². The van der Waals surface area contributed by atoms with Crippen LogP contribution in [0.4, 0.5) is 11.4 Å². The summed E-state index contributed by atoms with van der Waals surface area (Å²) < 4.78 is 0. The second-order valence-corrected chi connectivity index (χ2v) is 2.38. The normalized spacial score (nSPS) is 9.64. The molecule has 60 valence electrons. The summed E-state index contributed by atoms with van der Waals surface area (Å²) in [6.07, 6.45) is 0. The van der Waals surface area contributed by atoms with Crippen LogP contribution in [0.25, 0.3) is 0 Å². The zero-order valence-corrected chi connectivity index (χ0v) is 6.59. The van der Waals surface area contributed by atoms with E-state index in [1.165, 1.54) is 0 Å². The van der Waals surface area contributed by atoms with Crippen LogP contribution in [0.15, 0.2) is 18.2 Å². The van der Waals surface area contributed by atoms with Crippen molar-refractivity contribution in [2.75, 3.05) is 18.1 Å². The van der Waals surface area contributed by atoms with Gasteiger partial charge in [-0.25, -0.2) is 0 Å². The zero-order valence-electron chi connectivity index (χ0n) is 6.59. The predicted molar refractivity (Wildman–Crippen MR) is 48.3 cm³/mol. The van der Waals surface area contributed by atoms with E-state index in [9.17, 15) is 0 Å². The van der Waals surface area contributed by atoms with Crippen molar-refractivity contribution >= 4 is 11.4 Å². The summed E-state index contributed by atoms with van der Waals surface area (Å²) in [5, 5.41) is 2.98. The van der Waals surface area contributed by atoms with Crippen molar-refractivity contribution in [1.29, 1.82) is 0 Å². The van der Waals surface area contributed by atoms with Gasteiger partial charge in [-0.15, -0.1) is 0 Å². The van der Waals surface area contributed by atoms with Crippen molar-refractivity contribution in [2.45, 2.75) is 6.54 Å². The summed E-state index contributed by atoms with van der Waals surface area (Å²) in [5.41, 5.74) is 13.9. The van der Waals surface area contributed by atoms with Gasteiger partial charge in [0.15, 0.2) is 0 Å². The fourth-order valence-electron chi connectivity index (χ4n) is 0.967. The SMILES string of the molecule is CNc1ccc(CN)cc1N. The minimum Gasteiger partial charge on any atom is -0.397 e. The van der Waals surface area contributed by atoms with Gasteiger partial charge in [0.25, 0.3) is 0 Å². The highest BCUT2D eigenvalue weighted by atomic mass is 14.8. The Bertz CT molecular complexity index is 245. The molecule has 0 heterocycles. The molecule has 0 unspecified atom stereocenters. The highest BCUT2D eigenvalue weighted by Gasteiger charge is 1.96. The third-order valence-corrected chi connectivity index (χ3v) is 1.62. The van der Waals surface area contributed by atoms with Crippen LogP contribution in [0.5, 0.6) is 0 Å². The van der Waals surface area contributed by atoms with E-state index in [0.29, 0.717) is 6.54 Å². The van der Waals surface area contributed by atoms with Crippen molar-refractivity contribution in [1.82, 2.24) is 0 Å². The third kappa shape index (κ3) is 1.62. The first kappa shape index (κ1) is 7.88. The fraction of sp³-hybridized carbons (Fsp3) is 0.250. The molecule has 11 heavy (non-hydrogen) atoms. The van der Waals surface area contributed by atoms with Gasteiger partial charge in [0.1, 0.15) is 0 Å². The Hall–Kier alpha value is -1.22. The molecule has 0 saturated heterocycles. The summed E-state index contributed by atoms with van der Waals surface area (Å²) >= 11 is 0. The van der Waals surface area contributed by atoms with Gasteiger partial charge in [-0.05, 0) is 17.7 Å². The molecule has 0 aromatic heterocycles. The van der Waals surface area contributed by atoms with E-state index in [4.69, 9.17) is 11.5 Å². The maximum atomic E-state index is 5.69. The Kier molecular flexibility index (Phi) is 2.33. The van der Waals surface area contributed by atoms with Crippen LogP contribution in [0.2, 0.25) is 0 Å². The lowest BCUT2D eigenvalue weighted by Crippen LogP contribution is -2.00. The number of nitrogen functional groups attached to an aromatic ring is 1. The summed E-state index contributed by atoms with van der Waals surface area (Å²) in [6, 6.07) is 5.77. The minimum absolute atomic E-state index is 0.536. The number of anilines is 2. The molecule has 3 heteroatoms. The molecule has 0 aliphatic heterocycles. The van der Waals surface area contributed by atoms with Gasteiger partial charge in [-0.2, -0.15) is 0 Å². The molecule has 0 fully saturated rings.